The zero-order chi connectivity index (χ0) is 15.6. The zero-order valence-corrected chi connectivity index (χ0v) is 12.4. The highest BCUT2D eigenvalue weighted by atomic mass is 32.2. The Hall–Kier alpha value is -2.12. The van der Waals surface area contributed by atoms with Gasteiger partial charge in [0.1, 0.15) is 5.76 Å². The molecule has 1 heterocycles. The molecule has 0 atom stereocenters. The quantitative estimate of drug-likeness (QED) is 0.881. The van der Waals surface area contributed by atoms with E-state index in [4.69, 9.17) is 9.52 Å². The first-order chi connectivity index (χ1) is 9.81. The van der Waals surface area contributed by atoms with E-state index in [0.717, 1.165) is 0 Å². The number of furan rings is 1. The monoisotopic (exact) mass is 309 g/mol. The molecule has 21 heavy (non-hydrogen) atoms. The molecule has 0 amide bonds. The Kier molecular flexibility index (Phi) is 4.15. The fourth-order valence-electron chi connectivity index (χ4n) is 2.01. The number of aryl methyl sites for hydroxylation is 2. The van der Waals surface area contributed by atoms with E-state index in [1.165, 1.54) is 12.3 Å². The molecule has 2 N–H and O–H groups in total. The topological polar surface area (TPSA) is 96.6 Å². The van der Waals surface area contributed by atoms with Crippen LogP contribution in [0.15, 0.2) is 39.8 Å². The first-order valence-corrected chi connectivity index (χ1v) is 7.66. The zero-order valence-electron chi connectivity index (χ0n) is 11.6. The molecule has 0 aliphatic carbocycles. The van der Waals surface area contributed by atoms with E-state index < -0.39 is 16.0 Å². The van der Waals surface area contributed by atoms with Crippen molar-refractivity contribution in [2.24, 2.45) is 0 Å². The third-order valence-electron chi connectivity index (χ3n) is 3.06. The lowest BCUT2D eigenvalue weighted by Crippen LogP contribution is -2.24. The lowest BCUT2D eigenvalue weighted by molar-refractivity contribution is 0.0696. The Morgan fingerprint density at radius 3 is 2.57 bits per heavy atom. The van der Waals surface area contributed by atoms with E-state index in [0.29, 0.717) is 16.9 Å². The molecule has 0 aliphatic rings. The second kappa shape index (κ2) is 5.71. The number of hydrogen-bond donors (Lipinski definition) is 2. The number of benzene rings is 1. The predicted octanol–water partition coefficient (Wildman–Crippen LogP) is 2.07. The van der Waals surface area contributed by atoms with Gasteiger partial charge in [0, 0.05) is 0 Å². The predicted molar refractivity (Wildman–Crippen MR) is 75.6 cm³/mol. The molecular weight excluding hydrogens is 294 g/mol. The van der Waals surface area contributed by atoms with E-state index in [2.05, 4.69) is 4.72 Å². The van der Waals surface area contributed by atoms with Crippen LogP contribution < -0.4 is 4.72 Å². The highest BCUT2D eigenvalue weighted by molar-refractivity contribution is 7.89. The molecule has 0 radical (unpaired) electrons. The molecule has 0 bridgehead atoms. The van der Waals surface area contributed by atoms with Gasteiger partial charge in [0.2, 0.25) is 10.0 Å². The molecule has 112 valence electrons. The molecule has 1 aromatic carbocycles. The smallest absolute Gasteiger partial charge is 0.335 e. The Balaban J connectivity index is 2.35. The van der Waals surface area contributed by atoms with Gasteiger partial charge in [-0.3, -0.25) is 0 Å². The van der Waals surface area contributed by atoms with Gasteiger partial charge in [-0.15, -0.1) is 0 Å². The van der Waals surface area contributed by atoms with Crippen LogP contribution in [0.1, 0.15) is 27.2 Å². The fraction of sp³-hybridized carbons (Fsp3) is 0.214. The normalized spacial score (nSPS) is 11.5. The number of hydrogen-bond acceptors (Lipinski definition) is 4. The molecular formula is C14H15NO5S. The largest absolute Gasteiger partial charge is 0.478 e. The van der Waals surface area contributed by atoms with Crippen molar-refractivity contribution in [2.75, 3.05) is 0 Å². The lowest BCUT2D eigenvalue weighted by Gasteiger charge is -2.11. The van der Waals surface area contributed by atoms with Crippen LogP contribution in [-0.4, -0.2) is 19.5 Å². The summed E-state index contributed by atoms with van der Waals surface area (Å²) in [6, 6.07) is 6.03. The van der Waals surface area contributed by atoms with E-state index >= 15 is 0 Å². The maximum atomic E-state index is 12.3. The van der Waals surface area contributed by atoms with Crippen LogP contribution in [0.3, 0.4) is 0 Å². The van der Waals surface area contributed by atoms with Crippen molar-refractivity contribution in [3.63, 3.8) is 0 Å². The number of sulfonamides is 1. The summed E-state index contributed by atoms with van der Waals surface area (Å²) in [6.45, 7) is 3.26. The number of carboxylic acid groups (broad SMARTS) is 1. The SMILES string of the molecule is Cc1cc(C)c(S(=O)(=O)NCc2ccco2)cc1C(=O)O. The molecule has 0 aliphatic heterocycles. The third kappa shape index (κ3) is 3.32. The molecule has 0 saturated heterocycles. The highest BCUT2D eigenvalue weighted by Crippen LogP contribution is 2.21. The molecule has 0 fully saturated rings. The summed E-state index contributed by atoms with van der Waals surface area (Å²) in [7, 11) is -3.81. The Bertz CT molecular complexity index is 763. The summed E-state index contributed by atoms with van der Waals surface area (Å²) in [5.74, 6) is -0.684. The second-order valence-electron chi connectivity index (χ2n) is 4.64. The van der Waals surface area contributed by atoms with Crippen molar-refractivity contribution in [3.8, 4) is 0 Å². The Labute approximate surface area is 122 Å². The summed E-state index contributed by atoms with van der Waals surface area (Å²) in [5.41, 5.74) is 0.980. The van der Waals surface area contributed by atoms with Crippen molar-refractivity contribution >= 4 is 16.0 Å². The van der Waals surface area contributed by atoms with Gasteiger partial charge in [-0.2, -0.15) is 0 Å². The van der Waals surface area contributed by atoms with Crippen LogP contribution in [0.25, 0.3) is 0 Å². The molecule has 6 nitrogen and oxygen atoms in total. The highest BCUT2D eigenvalue weighted by Gasteiger charge is 2.20. The summed E-state index contributed by atoms with van der Waals surface area (Å²) in [5, 5.41) is 9.10. The summed E-state index contributed by atoms with van der Waals surface area (Å²) in [4.78, 5) is 11.1. The molecule has 7 heteroatoms. The van der Waals surface area contributed by atoms with Crippen LogP contribution in [0, 0.1) is 13.8 Å². The third-order valence-corrected chi connectivity index (χ3v) is 4.60. The Morgan fingerprint density at radius 2 is 2.00 bits per heavy atom. The van der Waals surface area contributed by atoms with Crippen molar-refractivity contribution in [1.82, 2.24) is 4.72 Å². The van der Waals surface area contributed by atoms with Crippen LogP contribution in [0.5, 0.6) is 0 Å². The molecule has 2 aromatic rings. The van der Waals surface area contributed by atoms with E-state index in [9.17, 15) is 13.2 Å². The van der Waals surface area contributed by atoms with Gasteiger partial charge in [0.15, 0.2) is 0 Å². The van der Waals surface area contributed by atoms with Gasteiger partial charge in [-0.05, 0) is 43.2 Å². The lowest BCUT2D eigenvalue weighted by atomic mass is 10.1. The van der Waals surface area contributed by atoms with Crippen LogP contribution in [0.4, 0.5) is 0 Å². The van der Waals surface area contributed by atoms with E-state index in [1.807, 2.05) is 0 Å². The first-order valence-electron chi connectivity index (χ1n) is 6.18. The van der Waals surface area contributed by atoms with Gasteiger partial charge in [-0.25, -0.2) is 17.9 Å². The van der Waals surface area contributed by atoms with Gasteiger partial charge in [0.05, 0.1) is 23.3 Å². The van der Waals surface area contributed by atoms with Crippen LogP contribution in [-0.2, 0) is 16.6 Å². The van der Waals surface area contributed by atoms with Crippen molar-refractivity contribution in [1.29, 1.82) is 0 Å². The summed E-state index contributed by atoms with van der Waals surface area (Å²) < 4.78 is 32.0. The van der Waals surface area contributed by atoms with Gasteiger partial charge in [0.25, 0.3) is 0 Å². The van der Waals surface area contributed by atoms with Crippen molar-refractivity contribution in [2.45, 2.75) is 25.3 Å². The van der Waals surface area contributed by atoms with Gasteiger partial charge >= 0.3 is 5.97 Å². The molecule has 1 aromatic heterocycles. The minimum Gasteiger partial charge on any atom is -0.478 e. The van der Waals surface area contributed by atoms with Gasteiger partial charge in [-0.1, -0.05) is 6.07 Å². The van der Waals surface area contributed by atoms with E-state index in [-0.39, 0.29) is 17.0 Å². The number of carboxylic acids is 1. The average Bonchev–Trinajstić information content (AvgIpc) is 2.88. The number of aromatic carboxylic acids is 1. The number of nitrogens with one attached hydrogen (secondary N) is 1. The number of rotatable bonds is 5. The summed E-state index contributed by atoms with van der Waals surface area (Å²) >= 11 is 0. The van der Waals surface area contributed by atoms with E-state index in [1.54, 1.807) is 32.0 Å². The van der Waals surface area contributed by atoms with Crippen molar-refractivity contribution < 1.29 is 22.7 Å². The standard InChI is InChI=1S/C14H15NO5S/c1-9-6-10(2)13(7-12(9)14(16)17)21(18,19)15-8-11-4-3-5-20-11/h3-7,15H,8H2,1-2H3,(H,16,17). The van der Waals surface area contributed by atoms with Gasteiger partial charge < -0.3 is 9.52 Å². The van der Waals surface area contributed by atoms with Crippen LogP contribution >= 0.6 is 0 Å². The fourth-order valence-corrected chi connectivity index (χ4v) is 3.25. The molecule has 0 unspecified atom stereocenters. The molecule has 2 rings (SSSR count). The number of carbonyl (C=O) groups is 1. The van der Waals surface area contributed by atoms with Crippen LogP contribution in [0.2, 0.25) is 0 Å². The Morgan fingerprint density at radius 1 is 1.29 bits per heavy atom. The maximum Gasteiger partial charge on any atom is 0.335 e. The maximum absolute atomic E-state index is 12.3. The first kappa shape index (κ1) is 15.3. The molecule has 0 spiro atoms. The summed E-state index contributed by atoms with van der Waals surface area (Å²) in [6.07, 6.45) is 1.45. The minimum atomic E-state index is -3.81. The van der Waals surface area contributed by atoms with Crippen molar-refractivity contribution in [3.05, 3.63) is 53.0 Å². The average molecular weight is 309 g/mol. The second-order valence-corrected chi connectivity index (χ2v) is 6.38. The minimum absolute atomic E-state index is 0.00501. The molecule has 0 saturated carbocycles.